The van der Waals surface area contributed by atoms with Crippen molar-refractivity contribution in [1.82, 2.24) is 5.32 Å². The summed E-state index contributed by atoms with van der Waals surface area (Å²) in [6.45, 7) is 5.52. The van der Waals surface area contributed by atoms with Gasteiger partial charge < -0.3 is 45.1 Å². The van der Waals surface area contributed by atoms with Crippen molar-refractivity contribution < 1.29 is 49.3 Å². The molecule has 0 aliphatic carbocycles. The number of unbranched alkanes of at least 4 members (excludes halogenated alkanes) is 19. The molecule has 1 amide bonds. The second kappa shape index (κ2) is 49.5. The van der Waals surface area contributed by atoms with Gasteiger partial charge in [-0.25, -0.2) is 0 Å². The van der Waals surface area contributed by atoms with Crippen LogP contribution in [0.25, 0.3) is 0 Å². The Kier molecular flexibility index (Phi) is 45.8. The highest BCUT2D eigenvalue weighted by molar-refractivity contribution is 5.80. The largest absolute Gasteiger partial charge is 0.454 e. The van der Waals surface area contributed by atoms with Gasteiger partial charge in [0.1, 0.15) is 24.4 Å². The number of rotatable bonds is 47. The maximum atomic E-state index is 13.4. The average molecular weight is 1020 g/mol. The normalized spacial score (nSPS) is 20.1. The number of ether oxygens (including phenoxy) is 3. The van der Waals surface area contributed by atoms with E-state index in [1.54, 1.807) is 6.08 Å². The lowest BCUT2D eigenvalue weighted by atomic mass is 9.99. The molecule has 6 N–H and O–H groups in total. The molecule has 1 heterocycles. The predicted molar refractivity (Wildman–Crippen MR) is 301 cm³/mol. The van der Waals surface area contributed by atoms with Gasteiger partial charge in [0.2, 0.25) is 5.91 Å². The molecule has 0 radical (unpaired) electrons. The Labute approximate surface area is 444 Å². The molecular formula is C62H105NO10. The fourth-order valence-corrected chi connectivity index (χ4v) is 8.42. The molecule has 1 saturated heterocycles. The minimum atomic E-state index is -1.63. The Morgan fingerprint density at radius 2 is 0.986 bits per heavy atom. The third-order valence-electron chi connectivity index (χ3n) is 13.0. The molecule has 1 rings (SSSR count). The van der Waals surface area contributed by atoms with Crippen LogP contribution in [0.4, 0.5) is 0 Å². The second-order valence-corrected chi connectivity index (χ2v) is 19.6. The van der Waals surface area contributed by atoms with E-state index >= 15 is 0 Å². The number of allylic oxidation sites excluding steroid dienone is 15. The van der Waals surface area contributed by atoms with Gasteiger partial charge in [-0.1, -0.05) is 214 Å². The van der Waals surface area contributed by atoms with Crippen molar-refractivity contribution in [1.29, 1.82) is 0 Å². The summed E-state index contributed by atoms with van der Waals surface area (Å²) in [6.07, 6.45) is 54.5. The minimum absolute atomic E-state index is 0.105. The number of nitrogens with one attached hydrogen (secondary N) is 1. The molecule has 8 atom stereocenters. The van der Waals surface area contributed by atoms with Crippen LogP contribution in [-0.2, 0) is 23.8 Å². The van der Waals surface area contributed by atoms with E-state index in [0.717, 1.165) is 122 Å². The van der Waals surface area contributed by atoms with E-state index in [1.807, 2.05) is 6.08 Å². The average Bonchev–Trinajstić information content (AvgIpc) is 3.39. The summed E-state index contributed by atoms with van der Waals surface area (Å²) in [5, 5.41) is 56.8. The lowest BCUT2D eigenvalue weighted by Crippen LogP contribution is -2.61. The molecule has 0 aromatic carbocycles. The molecule has 11 nitrogen and oxygen atoms in total. The molecule has 1 aliphatic rings. The highest BCUT2D eigenvalue weighted by atomic mass is 16.7. The molecule has 0 spiro atoms. The zero-order valence-corrected chi connectivity index (χ0v) is 46.0. The summed E-state index contributed by atoms with van der Waals surface area (Å²) in [4.78, 5) is 26.5. The summed E-state index contributed by atoms with van der Waals surface area (Å²) in [5.74, 6) is -1.24. The number of esters is 1. The first-order valence-electron chi connectivity index (χ1n) is 29.0. The van der Waals surface area contributed by atoms with Gasteiger partial charge in [0.05, 0.1) is 25.4 Å². The smallest absolute Gasteiger partial charge is 0.306 e. The number of carbonyl (C=O) groups excluding carboxylic acids is 2. The quantitative estimate of drug-likeness (QED) is 0.0196. The van der Waals surface area contributed by atoms with Crippen molar-refractivity contribution in [2.24, 2.45) is 0 Å². The maximum absolute atomic E-state index is 13.4. The lowest BCUT2D eigenvalue weighted by molar-refractivity contribution is -0.305. The van der Waals surface area contributed by atoms with E-state index in [2.05, 4.69) is 111 Å². The molecule has 418 valence electrons. The Bertz CT molecular complexity index is 1550. The molecule has 0 saturated carbocycles. The second-order valence-electron chi connectivity index (χ2n) is 19.6. The zero-order chi connectivity index (χ0) is 53.3. The number of carbonyl (C=O) groups is 2. The van der Waals surface area contributed by atoms with Gasteiger partial charge in [0, 0.05) is 6.42 Å². The summed E-state index contributed by atoms with van der Waals surface area (Å²) in [5.41, 5.74) is 0. The van der Waals surface area contributed by atoms with E-state index < -0.39 is 67.4 Å². The first kappa shape index (κ1) is 67.6. The Morgan fingerprint density at radius 3 is 1.48 bits per heavy atom. The summed E-state index contributed by atoms with van der Waals surface area (Å²) >= 11 is 0. The monoisotopic (exact) mass is 1020 g/mol. The molecular weight excluding hydrogens is 919 g/mol. The molecule has 0 aromatic heterocycles. The van der Waals surface area contributed by atoms with Crippen LogP contribution in [0.2, 0.25) is 0 Å². The van der Waals surface area contributed by atoms with Crippen LogP contribution >= 0.6 is 0 Å². The standard InChI is InChI=1S/C62H105NO10/c1-4-7-10-13-16-19-22-25-27-28-29-30-31-34-37-40-43-46-49-55(66)61(70)63-53(54(65)48-45-42-39-36-33-24-21-18-15-12-9-6-3)52-71-62-60(59(69)58(68)56(51-64)72-62)73-57(67)50-47-44-41-38-35-32-26-23-20-17-14-11-8-5-2/h7-8,10-11,16-17,19-20,25,27,29-30,34,37,45,48,53-56,58-60,62,64-66,68-69H,4-6,9,12-15,18,21-24,26,28,31-33,35-36,38-44,46-47,49-52H2,1-3H3,(H,63,70)/b10-7-,11-8+,19-16-,20-17+,27-25-,30-29-,37-34-,48-45+. The van der Waals surface area contributed by atoms with E-state index in [4.69, 9.17) is 14.2 Å². The maximum Gasteiger partial charge on any atom is 0.306 e. The highest BCUT2D eigenvalue weighted by Gasteiger charge is 2.47. The van der Waals surface area contributed by atoms with Crippen LogP contribution < -0.4 is 5.32 Å². The molecule has 0 aromatic rings. The first-order chi connectivity index (χ1) is 35.7. The van der Waals surface area contributed by atoms with E-state index in [-0.39, 0.29) is 19.4 Å². The van der Waals surface area contributed by atoms with Crippen molar-refractivity contribution in [3.63, 3.8) is 0 Å². The van der Waals surface area contributed by atoms with Crippen molar-refractivity contribution in [2.75, 3.05) is 13.2 Å². The molecule has 73 heavy (non-hydrogen) atoms. The number of amides is 1. The minimum Gasteiger partial charge on any atom is -0.454 e. The first-order valence-corrected chi connectivity index (χ1v) is 29.0. The van der Waals surface area contributed by atoms with Gasteiger partial charge in [-0.2, -0.15) is 0 Å². The molecule has 1 aliphatic heterocycles. The van der Waals surface area contributed by atoms with E-state index in [9.17, 15) is 35.1 Å². The topological polar surface area (TPSA) is 175 Å². The van der Waals surface area contributed by atoms with Crippen LogP contribution in [0.1, 0.15) is 220 Å². The molecule has 8 unspecified atom stereocenters. The SMILES string of the molecule is CC/C=C\C/C=C\C/C=C\C/C=C\C/C=C\CCCCC(O)C(=O)NC(COC1OC(CO)C(O)C(O)C1OC(=O)CCCCCCCCC/C=C/C/C=C/CC)C(O)/C=C/CCCCCCCCCCCC. The van der Waals surface area contributed by atoms with Crippen LogP contribution in [0.5, 0.6) is 0 Å². The van der Waals surface area contributed by atoms with Gasteiger partial charge in [-0.05, 0) is 96.3 Å². The predicted octanol–water partition coefficient (Wildman–Crippen LogP) is 13.2. The van der Waals surface area contributed by atoms with Crippen LogP contribution in [0.15, 0.2) is 97.2 Å². The van der Waals surface area contributed by atoms with Crippen molar-refractivity contribution in [2.45, 2.75) is 269 Å². The number of aliphatic hydroxyl groups is 5. The molecule has 1 fully saturated rings. The van der Waals surface area contributed by atoms with E-state index in [0.29, 0.717) is 12.8 Å². The summed E-state index contributed by atoms with van der Waals surface area (Å²) < 4.78 is 17.5. The fourth-order valence-electron chi connectivity index (χ4n) is 8.42. The summed E-state index contributed by atoms with van der Waals surface area (Å²) in [7, 11) is 0. The van der Waals surface area contributed by atoms with Gasteiger partial charge in [-0.3, -0.25) is 9.59 Å². The van der Waals surface area contributed by atoms with Gasteiger partial charge in [0.15, 0.2) is 12.4 Å². The van der Waals surface area contributed by atoms with Crippen molar-refractivity contribution in [3.05, 3.63) is 97.2 Å². The highest BCUT2D eigenvalue weighted by Crippen LogP contribution is 2.26. The number of hydrogen-bond donors (Lipinski definition) is 6. The Balaban J connectivity index is 2.76. The van der Waals surface area contributed by atoms with Crippen LogP contribution in [0, 0.1) is 0 Å². The third-order valence-corrected chi connectivity index (χ3v) is 13.0. The number of aliphatic hydroxyl groups excluding tert-OH is 5. The zero-order valence-electron chi connectivity index (χ0n) is 46.0. The van der Waals surface area contributed by atoms with Crippen LogP contribution in [0.3, 0.4) is 0 Å². The lowest BCUT2D eigenvalue weighted by Gasteiger charge is -2.41. The molecule has 11 heteroatoms. The Hall–Kier alpha value is -3.42. The third kappa shape index (κ3) is 37.9. The van der Waals surface area contributed by atoms with Gasteiger partial charge in [-0.15, -0.1) is 0 Å². The van der Waals surface area contributed by atoms with Crippen molar-refractivity contribution >= 4 is 11.9 Å². The van der Waals surface area contributed by atoms with Gasteiger partial charge in [0.25, 0.3) is 0 Å². The van der Waals surface area contributed by atoms with Gasteiger partial charge >= 0.3 is 5.97 Å². The Morgan fingerprint density at radius 1 is 0.548 bits per heavy atom. The number of hydrogen-bond acceptors (Lipinski definition) is 10. The molecule has 0 bridgehead atoms. The fraction of sp³-hybridized carbons (Fsp3) is 0.710. The summed E-state index contributed by atoms with van der Waals surface area (Å²) in [6, 6.07) is -1.05. The van der Waals surface area contributed by atoms with Crippen molar-refractivity contribution in [3.8, 4) is 0 Å². The van der Waals surface area contributed by atoms with E-state index in [1.165, 1.54) is 51.4 Å². The van der Waals surface area contributed by atoms with Crippen LogP contribution in [-0.4, -0.2) is 99.6 Å².